The van der Waals surface area contributed by atoms with Crippen molar-refractivity contribution in [2.75, 3.05) is 0 Å². The van der Waals surface area contributed by atoms with Crippen LogP contribution in [-0.2, 0) is 13.0 Å². The fourth-order valence-corrected chi connectivity index (χ4v) is 3.44. The number of aromatic nitrogens is 3. The third-order valence-electron chi connectivity index (χ3n) is 5.14. The largest absolute Gasteiger partial charge is 0.352 e. The zero-order chi connectivity index (χ0) is 22.7. The van der Waals surface area contributed by atoms with E-state index >= 15 is 0 Å². The lowest BCUT2D eigenvalue weighted by atomic mass is 10.1. The van der Waals surface area contributed by atoms with Crippen molar-refractivity contribution in [3.05, 3.63) is 128 Å². The number of halogens is 2. The summed E-state index contributed by atoms with van der Waals surface area (Å²) >= 11 is 0. The number of benzene rings is 3. The fourth-order valence-electron chi connectivity index (χ4n) is 3.44. The fraction of sp³-hybridized carbons (Fsp3) is 0.125. The molecule has 0 amide bonds. The Hall–Kier alpha value is -3.91. The van der Waals surface area contributed by atoms with Gasteiger partial charge in [0.1, 0.15) is 17.3 Å². The number of para-hydroxylation sites is 1. The molecule has 32 heavy (non-hydrogen) atoms. The zero-order valence-corrected chi connectivity index (χ0v) is 17.0. The van der Waals surface area contributed by atoms with Gasteiger partial charge in [0.15, 0.2) is 0 Å². The van der Waals surface area contributed by atoms with E-state index < -0.39 is 35.3 Å². The Morgan fingerprint density at radius 2 is 1.44 bits per heavy atom. The minimum atomic E-state index is -0.795. The van der Waals surface area contributed by atoms with Crippen molar-refractivity contribution in [3.63, 3.8) is 0 Å². The van der Waals surface area contributed by atoms with Crippen LogP contribution in [0.4, 0.5) is 8.78 Å². The van der Waals surface area contributed by atoms with Crippen LogP contribution in [0.2, 0.25) is 0 Å². The summed E-state index contributed by atoms with van der Waals surface area (Å²) in [7, 11) is 0. The summed E-state index contributed by atoms with van der Waals surface area (Å²) in [5.41, 5.74) is 5.51. The van der Waals surface area contributed by atoms with E-state index in [4.69, 9.17) is 5.73 Å². The molecule has 0 saturated carbocycles. The molecule has 0 fully saturated rings. The third-order valence-corrected chi connectivity index (χ3v) is 5.14. The van der Waals surface area contributed by atoms with Gasteiger partial charge in [-0.2, -0.15) is 9.78 Å². The van der Waals surface area contributed by atoms with Crippen LogP contribution in [-0.4, -0.2) is 14.3 Å². The Balaban J connectivity index is 1.86. The van der Waals surface area contributed by atoms with Gasteiger partial charge in [0.05, 0.1) is 12.2 Å². The molecule has 0 bridgehead atoms. The Kier molecular flexibility index (Phi) is 6.04. The maximum absolute atomic E-state index is 14.2. The van der Waals surface area contributed by atoms with Crippen LogP contribution in [0.3, 0.4) is 0 Å². The van der Waals surface area contributed by atoms with Crippen LogP contribution in [0, 0.1) is 11.6 Å². The second-order valence-electron chi connectivity index (χ2n) is 7.29. The molecule has 0 spiro atoms. The van der Waals surface area contributed by atoms with Gasteiger partial charge in [-0.3, -0.25) is 9.36 Å². The van der Waals surface area contributed by atoms with E-state index in [1.165, 1.54) is 6.07 Å². The van der Waals surface area contributed by atoms with Crippen LogP contribution in [0.1, 0.15) is 22.9 Å². The highest BCUT2D eigenvalue weighted by Crippen LogP contribution is 2.15. The molecule has 1 aromatic heterocycles. The van der Waals surface area contributed by atoms with Gasteiger partial charge >= 0.3 is 5.69 Å². The average Bonchev–Trinajstić information content (AvgIpc) is 2.81. The molecule has 6 nitrogen and oxygen atoms in total. The van der Waals surface area contributed by atoms with E-state index in [1.807, 2.05) is 6.07 Å². The minimum absolute atomic E-state index is 0.121. The maximum atomic E-state index is 14.2. The van der Waals surface area contributed by atoms with Gasteiger partial charge in [0, 0.05) is 18.0 Å². The van der Waals surface area contributed by atoms with E-state index in [2.05, 4.69) is 5.10 Å². The van der Waals surface area contributed by atoms with E-state index in [1.54, 1.807) is 54.6 Å². The van der Waals surface area contributed by atoms with Crippen molar-refractivity contribution in [1.82, 2.24) is 14.3 Å². The van der Waals surface area contributed by atoms with Gasteiger partial charge in [-0.05, 0) is 29.8 Å². The first-order valence-electron chi connectivity index (χ1n) is 9.97. The molecule has 0 unspecified atom stereocenters. The highest BCUT2D eigenvalue weighted by Gasteiger charge is 2.20. The van der Waals surface area contributed by atoms with Crippen molar-refractivity contribution in [2.45, 2.75) is 19.0 Å². The highest BCUT2D eigenvalue weighted by atomic mass is 19.1. The first-order valence-corrected chi connectivity index (χ1v) is 9.97. The molecule has 2 N–H and O–H groups in total. The standard InChI is InChI=1S/C24H20F2N4O2/c25-19-12-7-13-20(26)18(19)14-22-23(31)29(15-21(27)16-8-3-1-4-9-16)24(32)30(28-22)17-10-5-2-6-11-17/h1-13,21H,14-15,27H2/t21-/m1/s1. The molecule has 0 radical (unpaired) electrons. The predicted octanol–water partition coefficient (Wildman–Crippen LogP) is 2.96. The Morgan fingerprint density at radius 1 is 0.844 bits per heavy atom. The van der Waals surface area contributed by atoms with Gasteiger partial charge in [-0.1, -0.05) is 54.6 Å². The minimum Gasteiger partial charge on any atom is -0.322 e. The highest BCUT2D eigenvalue weighted by molar-refractivity contribution is 5.30. The Labute approximate surface area is 182 Å². The molecule has 0 aliphatic rings. The SMILES string of the molecule is N[C@H](Cn1c(=O)c(Cc2c(F)cccc2F)nn(-c2ccccc2)c1=O)c1ccccc1. The smallest absolute Gasteiger partial charge is 0.322 e. The van der Waals surface area contributed by atoms with E-state index in [9.17, 15) is 18.4 Å². The van der Waals surface area contributed by atoms with Crippen LogP contribution >= 0.6 is 0 Å². The topological polar surface area (TPSA) is 82.9 Å². The van der Waals surface area contributed by atoms with Crippen molar-refractivity contribution in [2.24, 2.45) is 5.73 Å². The lowest BCUT2D eigenvalue weighted by molar-refractivity contribution is 0.500. The molecule has 3 aromatic carbocycles. The summed E-state index contributed by atoms with van der Waals surface area (Å²) in [6, 6.07) is 20.3. The number of nitrogens with two attached hydrogens (primary N) is 1. The third kappa shape index (κ3) is 4.26. The zero-order valence-electron chi connectivity index (χ0n) is 17.0. The summed E-state index contributed by atoms with van der Waals surface area (Å²) in [6.07, 6.45) is -0.412. The molecular formula is C24H20F2N4O2. The lowest BCUT2D eigenvalue weighted by Crippen LogP contribution is -2.44. The lowest BCUT2D eigenvalue weighted by Gasteiger charge is -2.16. The van der Waals surface area contributed by atoms with Gasteiger partial charge in [0.25, 0.3) is 5.56 Å². The number of hydrogen-bond acceptors (Lipinski definition) is 4. The molecular weight excluding hydrogens is 414 g/mol. The Bertz CT molecular complexity index is 1330. The van der Waals surface area contributed by atoms with Crippen LogP contribution in [0.15, 0.2) is 88.5 Å². The summed E-state index contributed by atoms with van der Waals surface area (Å²) in [5, 5.41) is 4.16. The molecule has 1 atom stereocenters. The molecule has 0 aliphatic carbocycles. The van der Waals surface area contributed by atoms with Crippen molar-refractivity contribution < 1.29 is 8.78 Å². The first-order chi connectivity index (χ1) is 15.5. The number of nitrogens with zero attached hydrogens (tertiary/aromatic N) is 3. The van der Waals surface area contributed by atoms with E-state index in [-0.39, 0.29) is 17.8 Å². The van der Waals surface area contributed by atoms with Crippen molar-refractivity contribution >= 4 is 0 Å². The Morgan fingerprint density at radius 3 is 2.06 bits per heavy atom. The summed E-state index contributed by atoms with van der Waals surface area (Å²) in [4.78, 5) is 26.3. The molecule has 1 heterocycles. The molecule has 4 rings (SSSR count). The summed E-state index contributed by atoms with van der Waals surface area (Å²) in [5.74, 6) is -1.59. The number of hydrogen-bond donors (Lipinski definition) is 1. The van der Waals surface area contributed by atoms with E-state index in [0.717, 1.165) is 26.9 Å². The quantitative estimate of drug-likeness (QED) is 0.506. The average molecular weight is 434 g/mol. The van der Waals surface area contributed by atoms with Crippen molar-refractivity contribution in [1.29, 1.82) is 0 Å². The second-order valence-corrected chi connectivity index (χ2v) is 7.29. The number of rotatable bonds is 6. The second kappa shape index (κ2) is 9.07. The van der Waals surface area contributed by atoms with Gasteiger partial charge in [0.2, 0.25) is 0 Å². The van der Waals surface area contributed by atoms with Crippen molar-refractivity contribution in [3.8, 4) is 5.69 Å². The molecule has 0 saturated heterocycles. The van der Waals surface area contributed by atoms with Crippen LogP contribution in [0.25, 0.3) is 5.69 Å². The molecule has 162 valence electrons. The molecule has 8 heteroatoms. The predicted molar refractivity (Wildman–Crippen MR) is 117 cm³/mol. The molecule has 4 aromatic rings. The summed E-state index contributed by atoms with van der Waals surface area (Å²) < 4.78 is 30.5. The molecule has 0 aliphatic heterocycles. The first kappa shape index (κ1) is 21.3. The van der Waals surface area contributed by atoms with Gasteiger partial charge < -0.3 is 5.73 Å². The normalized spacial score (nSPS) is 12.0. The van der Waals surface area contributed by atoms with Gasteiger partial charge in [-0.25, -0.2) is 13.6 Å². The van der Waals surface area contributed by atoms with Gasteiger partial charge in [-0.15, -0.1) is 0 Å². The van der Waals surface area contributed by atoms with Crippen LogP contribution in [0.5, 0.6) is 0 Å². The van der Waals surface area contributed by atoms with Crippen LogP contribution < -0.4 is 17.0 Å². The summed E-state index contributed by atoms with van der Waals surface area (Å²) in [6.45, 7) is -0.121. The monoisotopic (exact) mass is 434 g/mol. The maximum Gasteiger partial charge on any atom is 0.352 e. The van der Waals surface area contributed by atoms with E-state index in [0.29, 0.717) is 5.69 Å².